The number of carbonyl (C=O) groups is 12. The summed E-state index contributed by atoms with van der Waals surface area (Å²) in [7, 11) is 1.17. The summed E-state index contributed by atoms with van der Waals surface area (Å²) in [6, 6.07) is 6.21. The van der Waals surface area contributed by atoms with E-state index in [1.807, 2.05) is 46.8 Å². The van der Waals surface area contributed by atoms with Gasteiger partial charge < -0.3 is 56.8 Å². The molecule has 0 spiro atoms. The first-order valence-electron chi connectivity index (χ1n) is 29.3. The molecule has 16 atom stereocenters. The molecule has 9 aliphatic rings. The fourth-order valence-corrected chi connectivity index (χ4v) is 14.6. The molecule has 3 aliphatic heterocycles. The minimum atomic E-state index is -1.65. The number of fused-ring (bicyclic) bond motifs is 3. The van der Waals surface area contributed by atoms with Gasteiger partial charge in [-0.3, -0.25) is 43.2 Å². The molecule has 0 aromatic carbocycles. The second-order valence-electron chi connectivity index (χ2n) is 26.9. The van der Waals surface area contributed by atoms with Crippen LogP contribution in [0, 0.1) is 112 Å². The fourth-order valence-electron chi connectivity index (χ4n) is 14.6. The Kier molecular flexibility index (Phi) is 18.4. The number of nitriles is 3. The molecule has 6 aliphatic carbocycles. The summed E-state index contributed by atoms with van der Waals surface area (Å²) < 4.78 is 63.3. The lowest BCUT2D eigenvalue weighted by Gasteiger charge is -2.41. The highest BCUT2D eigenvalue weighted by Crippen LogP contribution is 2.75. The standard InChI is InChI=1S/C23H29NO10.C19H23NO8.C19H25NO6/c1-6-20(4,5)18(28)30-7-15(27)33-16-17-23(12-32-14(3)26)9-21(16,11-31-13(2)25)8-22(23,10-24)19(29)34-17;1-5-18(2,3)16(23)26-7-11(21)27-13-9-6-10-14(13)28-17(24)19(10,8-20)12(9)15(22)25-4;1-6-17(2,3)15(22)24-8-12(21)25-13-10-7-11-14(13)26-16(23)19(11,9-20)18(10,4)5/h16-17H,6-9,11-12H2,1-5H3;9-10,12-14H,5-7H2,1-4H3;10-11,13-14H,6-8H2,1-5H3. The average Bonchev–Trinajstić information content (AvgIpc) is 1.52. The van der Waals surface area contributed by atoms with Gasteiger partial charge in [0.15, 0.2) is 42.2 Å². The van der Waals surface area contributed by atoms with Gasteiger partial charge in [0, 0.05) is 48.3 Å². The Morgan fingerprint density at radius 1 is 0.568 bits per heavy atom. The number of carbonyl (C=O) groups excluding carboxylic acids is 12. The predicted octanol–water partition coefficient (Wildman–Crippen LogP) is 3.96. The Labute approximate surface area is 508 Å². The molecule has 0 aromatic rings. The third-order valence-electron chi connectivity index (χ3n) is 20.8. The van der Waals surface area contributed by atoms with Crippen LogP contribution in [0.3, 0.4) is 0 Å². The molecule has 27 nitrogen and oxygen atoms in total. The van der Waals surface area contributed by atoms with Crippen LogP contribution < -0.4 is 0 Å². The van der Waals surface area contributed by atoms with Gasteiger partial charge >= 0.3 is 71.6 Å². The van der Waals surface area contributed by atoms with E-state index in [2.05, 4.69) is 6.07 Å². The molecule has 9 fully saturated rings. The molecule has 16 unspecified atom stereocenters. The van der Waals surface area contributed by atoms with Crippen LogP contribution in [0.2, 0.25) is 0 Å². The highest BCUT2D eigenvalue weighted by atomic mass is 16.6. The minimum Gasteiger partial charge on any atom is -0.469 e. The van der Waals surface area contributed by atoms with Crippen molar-refractivity contribution in [3.8, 4) is 18.2 Å². The maximum atomic E-state index is 12.9. The van der Waals surface area contributed by atoms with Crippen molar-refractivity contribution in [2.75, 3.05) is 40.1 Å². The van der Waals surface area contributed by atoms with Crippen LogP contribution in [0.5, 0.6) is 0 Å². The van der Waals surface area contributed by atoms with Crippen LogP contribution in [-0.4, -0.2) is 148 Å². The maximum Gasteiger partial charge on any atom is 0.344 e. The van der Waals surface area contributed by atoms with Crippen molar-refractivity contribution >= 4 is 71.6 Å². The normalized spacial score (nSPS) is 34.7. The van der Waals surface area contributed by atoms with E-state index in [1.165, 1.54) is 21.0 Å². The molecule has 0 N–H and O–H groups in total. The molecule has 3 saturated heterocycles. The highest BCUT2D eigenvalue weighted by Gasteiger charge is 2.86. The van der Waals surface area contributed by atoms with Crippen LogP contribution in [0.1, 0.15) is 135 Å². The number of rotatable bonds is 20. The van der Waals surface area contributed by atoms with Crippen molar-refractivity contribution < 1.29 is 114 Å². The van der Waals surface area contributed by atoms with E-state index in [-0.39, 0.29) is 37.9 Å². The number of nitrogens with zero attached hydrogens (tertiary/aromatic N) is 3. The summed E-state index contributed by atoms with van der Waals surface area (Å²) in [5, 5.41) is 29.3. The van der Waals surface area contributed by atoms with Crippen molar-refractivity contribution in [2.24, 2.45) is 78.3 Å². The second kappa shape index (κ2) is 23.9. The summed E-state index contributed by atoms with van der Waals surface area (Å²) in [6.45, 7) is 19.6. The van der Waals surface area contributed by atoms with Gasteiger partial charge in [-0.2, -0.15) is 15.8 Å². The molecule has 9 rings (SSSR count). The topological polar surface area (TPSA) is 387 Å². The van der Waals surface area contributed by atoms with E-state index >= 15 is 0 Å². The zero-order valence-corrected chi connectivity index (χ0v) is 52.0. The minimum absolute atomic E-state index is 0.0884. The van der Waals surface area contributed by atoms with E-state index in [0.717, 1.165) is 0 Å². The Morgan fingerprint density at radius 2 is 1.05 bits per heavy atom. The van der Waals surface area contributed by atoms with Gasteiger partial charge in [-0.25, -0.2) is 14.4 Å². The molecular formula is C61H77N3O24. The van der Waals surface area contributed by atoms with E-state index in [9.17, 15) is 73.3 Å². The van der Waals surface area contributed by atoms with Crippen molar-refractivity contribution in [1.29, 1.82) is 15.8 Å². The first-order chi connectivity index (χ1) is 40.9. The predicted molar refractivity (Wildman–Crippen MR) is 288 cm³/mol. The summed E-state index contributed by atoms with van der Waals surface area (Å²) in [5.41, 5.74) is -9.64. The zero-order chi connectivity index (χ0) is 65.9. The van der Waals surface area contributed by atoms with Gasteiger partial charge in [0.2, 0.25) is 0 Å². The molecule has 0 aromatic heterocycles. The van der Waals surface area contributed by atoms with Crippen LogP contribution in [0.4, 0.5) is 0 Å². The fraction of sp³-hybridized carbons (Fsp3) is 0.754. The van der Waals surface area contributed by atoms with Crippen LogP contribution in [0.25, 0.3) is 0 Å². The molecule has 3 heterocycles. The van der Waals surface area contributed by atoms with Gasteiger partial charge in [-0.05, 0) is 86.5 Å². The van der Waals surface area contributed by atoms with E-state index in [1.54, 1.807) is 41.5 Å². The highest BCUT2D eigenvalue weighted by molar-refractivity contribution is 5.93. The largest absolute Gasteiger partial charge is 0.469 e. The van der Waals surface area contributed by atoms with Gasteiger partial charge in [-0.15, -0.1) is 0 Å². The Morgan fingerprint density at radius 3 is 1.51 bits per heavy atom. The van der Waals surface area contributed by atoms with Crippen LogP contribution >= 0.6 is 0 Å². The van der Waals surface area contributed by atoms with E-state index in [0.29, 0.717) is 32.1 Å². The molecule has 6 saturated carbocycles. The van der Waals surface area contributed by atoms with Crippen molar-refractivity contribution in [1.82, 2.24) is 0 Å². The summed E-state index contributed by atoms with van der Waals surface area (Å²) in [6.07, 6.45) is -2.50. The molecule has 27 heteroatoms. The maximum absolute atomic E-state index is 12.9. The quantitative estimate of drug-likeness (QED) is 0.123. The van der Waals surface area contributed by atoms with Gasteiger partial charge in [0.25, 0.3) is 0 Å². The van der Waals surface area contributed by atoms with E-state index in [4.69, 9.17) is 56.8 Å². The van der Waals surface area contributed by atoms with Crippen LogP contribution in [0.15, 0.2) is 0 Å². The number of hydrogen-bond acceptors (Lipinski definition) is 27. The molecule has 0 radical (unpaired) electrons. The number of hydrogen-bond donors (Lipinski definition) is 0. The molecule has 6 bridgehead atoms. The zero-order valence-electron chi connectivity index (χ0n) is 52.0. The molecular weight excluding hydrogens is 1160 g/mol. The number of ether oxygens (including phenoxy) is 12. The summed E-state index contributed by atoms with van der Waals surface area (Å²) in [4.78, 5) is 146. The van der Waals surface area contributed by atoms with Crippen molar-refractivity contribution in [3.05, 3.63) is 0 Å². The summed E-state index contributed by atoms with van der Waals surface area (Å²) >= 11 is 0. The lowest BCUT2D eigenvalue weighted by molar-refractivity contribution is -0.182. The van der Waals surface area contributed by atoms with Gasteiger partial charge in [-0.1, -0.05) is 34.6 Å². The number of esters is 12. The Bertz CT molecular complexity index is 3080. The van der Waals surface area contributed by atoms with E-state index < -0.39 is 195 Å². The number of methoxy groups -OCH3 is 1. The van der Waals surface area contributed by atoms with Gasteiger partial charge in [0.1, 0.15) is 43.7 Å². The van der Waals surface area contributed by atoms with Crippen LogP contribution in [-0.2, 0) is 114 Å². The molecule has 0 amide bonds. The molecule has 480 valence electrons. The Balaban J connectivity index is 0.000000190. The first kappa shape index (κ1) is 67.6. The first-order valence-corrected chi connectivity index (χ1v) is 29.3. The lowest BCUT2D eigenvalue weighted by atomic mass is 9.58. The van der Waals surface area contributed by atoms with Gasteiger partial charge in [0.05, 0.1) is 52.9 Å². The lowest BCUT2D eigenvalue weighted by Crippen LogP contribution is -2.53. The monoisotopic (exact) mass is 1240 g/mol. The Hall–Kier alpha value is -7.89. The SMILES string of the molecule is CCC(C)(C)C(=O)OCC(=O)OC1C2CC3C1OC(=O)C3(C#N)C2C(=O)OC.CCC(C)(C)C(=O)OCC(=O)OC1C2OC(=O)C3(C#N)C2CC1C3(C)C.CCC(C)(C)C(=O)OCC(=O)OC1C2OC(=O)C3(C#N)CC1(COC(C)=O)CC23COC(C)=O. The average molecular weight is 1240 g/mol. The summed E-state index contributed by atoms with van der Waals surface area (Å²) in [5.74, 6) is -10.5. The van der Waals surface area contributed by atoms with Crippen molar-refractivity contribution in [2.45, 2.75) is 172 Å². The smallest absolute Gasteiger partial charge is 0.344 e. The second-order valence-corrected chi connectivity index (χ2v) is 26.9. The molecule has 88 heavy (non-hydrogen) atoms. The van der Waals surface area contributed by atoms with Crippen molar-refractivity contribution in [3.63, 3.8) is 0 Å². The third kappa shape index (κ3) is 10.6. The third-order valence-corrected chi connectivity index (χ3v) is 20.8.